The first-order valence-electron chi connectivity index (χ1n) is 5.24. The van der Waals surface area contributed by atoms with Gasteiger partial charge in [0, 0.05) is 19.6 Å². The Bertz CT molecular complexity index is 383. The van der Waals surface area contributed by atoms with Gasteiger partial charge in [0.25, 0.3) is 0 Å². The highest BCUT2D eigenvalue weighted by Crippen LogP contribution is 2.27. The van der Waals surface area contributed by atoms with Crippen LogP contribution in [-0.2, 0) is 19.6 Å². The molecule has 16 heavy (non-hydrogen) atoms. The van der Waals surface area contributed by atoms with Gasteiger partial charge in [0.15, 0.2) is 0 Å². The van der Waals surface area contributed by atoms with Crippen LogP contribution in [0.1, 0.15) is 17.1 Å². The Morgan fingerprint density at radius 3 is 2.88 bits per heavy atom. The van der Waals surface area contributed by atoms with Crippen LogP contribution in [-0.4, -0.2) is 40.2 Å². The van der Waals surface area contributed by atoms with Gasteiger partial charge in [0.2, 0.25) is 5.88 Å². The summed E-state index contributed by atoms with van der Waals surface area (Å²) in [6.07, 6.45) is 0. The number of aliphatic hydroxyl groups is 1. The highest BCUT2D eigenvalue weighted by Gasteiger charge is 2.25. The van der Waals surface area contributed by atoms with Gasteiger partial charge < -0.3 is 15.6 Å². The summed E-state index contributed by atoms with van der Waals surface area (Å²) in [6, 6.07) is 0. The van der Waals surface area contributed by atoms with Crippen LogP contribution in [0.5, 0.6) is 5.88 Å². The molecule has 1 aromatic heterocycles. The molecule has 6 heteroatoms. The Morgan fingerprint density at radius 1 is 1.44 bits per heavy atom. The monoisotopic (exact) mass is 224 g/mol. The second kappa shape index (κ2) is 4.73. The van der Waals surface area contributed by atoms with Crippen LogP contribution in [0, 0.1) is 0 Å². The van der Waals surface area contributed by atoms with Crippen LogP contribution in [0.2, 0.25) is 0 Å². The summed E-state index contributed by atoms with van der Waals surface area (Å²) in [4.78, 5) is 10.7. The molecule has 6 nitrogen and oxygen atoms in total. The number of methoxy groups -OCH3 is 1. The maximum atomic E-state index is 8.90. The zero-order valence-electron chi connectivity index (χ0n) is 9.31. The molecule has 1 aliphatic heterocycles. The molecule has 0 aromatic carbocycles. The van der Waals surface area contributed by atoms with E-state index in [1.54, 1.807) is 7.11 Å². The Labute approximate surface area is 94.1 Å². The van der Waals surface area contributed by atoms with E-state index in [1.807, 2.05) is 0 Å². The van der Waals surface area contributed by atoms with Crippen LogP contribution in [0.25, 0.3) is 0 Å². The van der Waals surface area contributed by atoms with Crippen molar-refractivity contribution >= 4 is 0 Å². The van der Waals surface area contributed by atoms with Crippen molar-refractivity contribution < 1.29 is 9.84 Å². The summed E-state index contributed by atoms with van der Waals surface area (Å²) in [5, 5.41) is 8.90. The second-order valence-corrected chi connectivity index (χ2v) is 3.71. The lowest BCUT2D eigenvalue weighted by atomic mass is 10.2. The second-order valence-electron chi connectivity index (χ2n) is 3.71. The van der Waals surface area contributed by atoms with Crippen molar-refractivity contribution in [3.63, 3.8) is 0 Å². The van der Waals surface area contributed by atoms with Gasteiger partial charge >= 0.3 is 0 Å². The van der Waals surface area contributed by atoms with Crippen molar-refractivity contribution in [3.05, 3.63) is 17.1 Å². The smallest absolute Gasteiger partial charge is 0.221 e. The molecule has 0 fully saturated rings. The van der Waals surface area contributed by atoms with Gasteiger partial charge in [-0.1, -0.05) is 0 Å². The molecule has 0 saturated heterocycles. The number of β-amino-alcohol motifs (C(OH)–C–C–N with tert-alkyl or cyclic N) is 1. The maximum Gasteiger partial charge on any atom is 0.221 e. The normalized spacial score (nSPS) is 15.2. The van der Waals surface area contributed by atoms with Gasteiger partial charge in [0.05, 0.1) is 31.5 Å². The first-order valence-corrected chi connectivity index (χ1v) is 5.24. The lowest BCUT2D eigenvalue weighted by Crippen LogP contribution is -2.20. The number of aromatic nitrogens is 2. The van der Waals surface area contributed by atoms with Crippen LogP contribution in [0.15, 0.2) is 0 Å². The van der Waals surface area contributed by atoms with E-state index >= 15 is 0 Å². The highest BCUT2D eigenvalue weighted by molar-refractivity contribution is 5.34. The van der Waals surface area contributed by atoms with E-state index in [2.05, 4.69) is 14.9 Å². The maximum absolute atomic E-state index is 8.90. The quantitative estimate of drug-likeness (QED) is 0.700. The number of nitrogens with zero attached hydrogens (tertiary/aromatic N) is 3. The summed E-state index contributed by atoms with van der Waals surface area (Å²) in [7, 11) is 1.59. The van der Waals surface area contributed by atoms with E-state index in [9.17, 15) is 0 Å². The first-order chi connectivity index (χ1) is 7.78. The van der Waals surface area contributed by atoms with Crippen molar-refractivity contribution in [1.82, 2.24) is 14.9 Å². The lowest BCUT2D eigenvalue weighted by Gasteiger charge is -2.11. The minimum Gasteiger partial charge on any atom is -0.481 e. The van der Waals surface area contributed by atoms with E-state index < -0.39 is 0 Å². The Kier molecular flexibility index (Phi) is 3.33. The van der Waals surface area contributed by atoms with Gasteiger partial charge in [-0.25, -0.2) is 4.98 Å². The molecule has 0 radical (unpaired) electrons. The molecule has 3 N–H and O–H groups in total. The summed E-state index contributed by atoms with van der Waals surface area (Å²) in [5.74, 6) is 1.20. The number of fused-ring (bicyclic) bond motifs is 1. The first kappa shape index (κ1) is 11.3. The van der Waals surface area contributed by atoms with Crippen molar-refractivity contribution in [2.45, 2.75) is 19.6 Å². The summed E-state index contributed by atoms with van der Waals surface area (Å²) < 4.78 is 5.23. The number of ether oxygens (including phenoxy) is 1. The van der Waals surface area contributed by atoms with Gasteiger partial charge in [0.1, 0.15) is 5.82 Å². The van der Waals surface area contributed by atoms with E-state index in [4.69, 9.17) is 15.6 Å². The number of rotatable bonds is 4. The molecule has 0 spiro atoms. The fraction of sp³-hybridized carbons (Fsp3) is 0.600. The van der Waals surface area contributed by atoms with E-state index in [-0.39, 0.29) is 6.61 Å². The van der Waals surface area contributed by atoms with Gasteiger partial charge in [-0.2, -0.15) is 4.98 Å². The average Bonchev–Trinajstić information content (AvgIpc) is 2.70. The summed E-state index contributed by atoms with van der Waals surface area (Å²) >= 11 is 0. The standard InChI is InChI=1S/C10H16N4O2/c1-16-10-7-5-14(2-3-15)6-8(7)12-9(4-11)13-10/h15H,2-6,11H2,1H3. The molecular weight excluding hydrogens is 208 g/mol. The molecule has 2 rings (SSSR count). The van der Waals surface area contributed by atoms with Crippen LogP contribution < -0.4 is 10.5 Å². The number of aliphatic hydroxyl groups excluding tert-OH is 1. The van der Waals surface area contributed by atoms with Crippen molar-refractivity contribution in [3.8, 4) is 5.88 Å². The number of nitrogens with two attached hydrogens (primary N) is 1. The molecule has 1 aromatic rings. The van der Waals surface area contributed by atoms with Crippen molar-refractivity contribution in [1.29, 1.82) is 0 Å². The third kappa shape index (κ3) is 1.99. The van der Waals surface area contributed by atoms with E-state index in [0.717, 1.165) is 24.3 Å². The molecular formula is C10H16N4O2. The fourth-order valence-corrected chi connectivity index (χ4v) is 1.90. The van der Waals surface area contributed by atoms with E-state index in [1.165, 1.54) is 0 Å². The average molecular weight is 224 g/mol. The highest BCUT2D eigenvalue weighted by atomic mass is 16.5. The Morgan fingerprint density at radius 2 is 2.25 bits per heavy atom. The zero-order chi connectivity index (χ0) is 11.5. The minimum atomic E-state index is 0.146. The van der Waals surface area contributed by atoms with Gasteiger partial charge in [-0.15, -0.1) is 0 Å². The van der Waals surface area contributed by atoms with Crippen LogP contribution in [0.3, 0.4) is 0 Å². The minimum absolute atomic E-state index is 0.146. The lowest BCUT2D eigenvalue weighted by molar-refractivity contribution is 0.196. The molecule has 0 bridgehead atoms. The van der Waals surface area contributed by atoms with Crippen LogP contribution in [0.4, 0.5) is 0 Å². The molecule has 2 heterocycles. The number of hydrogen-bond donors (Lipinski definition) is 2. The summed E-state index contributed by atoms with van der Waals surface area (Å²) in [6.45, 7) is 2.54. The SMILES string of the molecule is COc1nc(CN)nc2c1CN(CCO)C2. The Balaban J connectivity index is 2.29. The molecule has 1 aliphatic rings. The third-order valence-corrected chi connectivity index (χ3v) is 2.65. The Hall–Kier alpha value is -1.24. The molecule has 88 valence electrons. The van der Waals surface area contributed by atoms with Crippen LogP contribution >= 0.6 is 0 Å². The predicted molar refractivity (Wildman–Crippen MR) is 57.7 cm³/mol. The van der Waals surface area contributed by atoms with Crippen molar-refractivity contribution in [2.75, 3.05) is 20.3 Å². The van der Waals surface area contributed by atoms with Crippen molar-refractivity contribution in [2.24, 2.45) is 5.73 Å². The van der Waals surface area contributed by atoms with Gasteiger partial charge in [-0.05, 0) is 0 Å². The fourth-order valence-electron chi connectivity index (χ4n) is 1.90. The molecule has 0 unspecified atom stereocenters. The topological polar surface area (TPSA) is 84.5 Å². The molecule has 0 amide bonds. The number of hydrogen-bond acceptors (Lipinski definition) is 6. The van der Waals surface area contributed by atoms with Gasteiger partial charge in [-0.3, -0.25) is 4.90 Å². The largest absolute Gasteiger partial charge is 0.481 e. The zero-order valence-corrected chi connectivity index (χ0v) is 9.31. The molecule has 0 atom stereocenters. The third-order valence-electron chi connectivity index (χ3n) is 2.65. The predicted octanol–water partition coefficient (Wildman–Crippen LogP) is -0.748. The summed E-state index contributed by atoms with van der Waals surface area (Å²) in [5.41, 5.74) is 7.49. The molecule has 0 aliphatic carbocycles. The molecule has 0 saturated carbocycles. The van der Waals surface area contributed by atoms with E-state index in [0.29, 0.717) is 24.8 Å².